The number of hydrogen-bond acceptors (Lipinski definition) is 3. The van der Waals surface area contributed by atoms with Crippen LogP contribution < -0.4 is 4.74 Å². The van der Waals surface area contributed by atoms with Crippen molar-refractivity contribution in [3.05, 3.63) is 41.5 Å². The number of aliphatic carboxylic acids is 1. The van der Waals surface area contributed by atoms with Crippen LogP contribution in [0.5, 0.6) is 5.75 Å². The van der Waals surface area contributed by atoms with Gasteiger partial charge in [-0.2, -0.15) is 0 Å². The van der Waals surface area contributed by atoms with Crippen LogP contribution in [0.25, 0.3) is 0 Å². The first-order valence-electron chi connectivity index (χ1n) is 7.85. The number of likely N-dealkylation sites (tertiary alicyclic amines) is 1. The van der Waals surface area contributed by atoms with Crippen LogP contribution in [0.4, 0.5) is 0 Å². The molecule has 5 nitrogen and oxygen atoms in total. The Morgan fingerprint density at radius 1 is 1.39 bits per heavy atom. The summed E-state index contributed by atoms with van der Waals surface area (Å²) >= 11 is 0. The van der Waals surface area contributed by atoms with Gasteiger partial charge in [-0.05, 0) is 51.0 Å². The van der Waals surface area contributed by atoms with Gasteiger partial charge in [0, 0.05) is 18.7 Å². The highest BCUT2D eigenvalue weighted by Crippen LogP contribution is 2.21. The highest BCUT2D eigenvalue weighted by molar-refractivity contribution is 5.95. The van der Waals surface area contributed by atoms with E-state index < -0.39 is 11.9 Å². The van der Waals surface area contributed by atoms with E-state index in [9.17, 15) is 9.59 Å². The van der Waals surface area contributed by atoms with E-state index in [0.717, 1.165) is 6.42 Å². The molecular formula is C18H23NO4. The van der Waals surface area contributed by atoms with Gasteiger partial charge in [-0.15, -0.1) is 0 Å². The van der Waals surface area contributed by atoms with E-state index in [0.29, 0.717) is 30.9 Å². The Morgan fingerprint density at radius 2 is 2.17 bits per heavy atom. The number of carboxylic acids is 1. The lowest BCUT2D eigenvalue weighted by atomic mass is 9.97. The SMILES string of the molecule is CC(C)=CCOc1cccc(C(=O)N2CCC[C@H](C(=O)O)C2)c1. The van der Waals surface area contributed by atoms with E-state index in [4.69, 9.17) is 9.84 Å². The molecule has 0 spiro atoms. The van der Waals surface area contributed by atoms with Crippen molar-refractivity contribution >= 4 is 11.9 Å². The van der Waals surface area contributed by atoms with Crippen LogP contribution in [-0.4, -0.2) is 41.6 Å². The number of carboxylic acid groups (broad SMARTS) is 1. The monoisotopic (exact) mass is 317 g/mol. The van der Waals surface area contributed by atoms with Gasteiger partial charge in [-0.1, -0.05) is 11.6 Å². The summed E-state index contributed by atoms with van der Waals surface area (Å²) < 4.78 is 5.61. The van der Waals surface area contributed by atoms with Gasteiger partial charge in [-0.3, -0.25) is 9.59 Å². The molecular weight excluding hydrogens is 294 g/mol. The molecule has 1 heterocycles. The van der Waals surface area contributed by atoms with Crippen molar-refractivity contribution in [1.82, 2.24) is 4.90 Å². The minimum absolute atomic E-state index is 0.136. The van der Waals surface area contributed by atoms with Crippen LogP contribution >= 0.6 is 0 Å². The van der Waals surface area contributed by atoms with Gasteiger partial charge in [0.2, 0.25) is 0 Å². The summed E-state index contributed by atoms with van der Waals surface area (Å²) in [6, 6.07) is 7.04. The van der Waals surface area contributed by atoms with E-state index in [1.807, 2.05) is 26.0 Å². The molecule has 0 unspecified atom stereocenters. The highest BCUT2D eigenvalue weighted by atomic mass is 16.5. The zero-order chi connectivity index (χ0) is 16.8. The Balaban J connectivity index is 2.04. The Kier molecular flexibility index (Phi) is 5.79. The molecule has 1 fully saturated rings. The summed E-state index contributed by atoms with van der Waals surface area (Å²) in [5, 5.41) is 9.13. The molecule has 124 valence electrons. The van der Waals surface area contributed by atoms with Crippen molar-refractivity contribution in [2.24, 2.45) is 5.92 Å². The second-order valence-electron chi connectivity index (χ2n) is 6.05. The number of rotatable bonds is 5. The lowest BCUT2D eigenvalue weighted by Gasteiger charge is -2.30. The lowest BCUT2D eigenvalue weighted by Crippen LogP contribution is -2.42. The van der Waals surface area contributed by atoms with Crippen molar-refractivity contribution in [3.8, 4) is 5.75 Å². The molecule has 0 saturated carbocycles. The number of carbonyl (C=O) groups is 2. The molecule has 1 N–H and O–H groups in total. The maximum Gasteiger partial charge on any atom is 0.308 e. The normalized spacial score (nSPS) is 17.5. The molecule has 23 heavy (non-hydrogen) atoms. The number of piperidine rings is 1. The topological polar surface area (TPSA) is 66.8 Å². The third kappa shape index (κ3) is 4.84. The molecule has 0 bridgehead atoms. The first-order valence-corrected chi connectivity index (χ1v) is 7.85. The second kappa shape index (κ2) is 7.81. The molecule has 0 radical (unpaired) electrons. The van der Waals surface area contributed by atoms with Crippen molar-refractivity contribution < 1.29 is 19.4 Å². The second-order valence-corrected chi connectivity index (χ2v) is 6.05. The third-order valence-corrected chi connectivity index (χ3v) is 3.88. The van der Waals surface area contributed by atoms with Crippen molar-refractivity contribution in [2.45, 2.75) is 26.7 Å². The number of nitrogens with zero attached hydrogens (tertiary/aromatic N) is 1. The fraction of sp³-hybridized carbons (Fsp3) is 0.444. The third-order valence-electron chi connectivity index (χ3n) is 3.88. The number of benzene rings is 1. The standard InChI is InChI=1S/C18H23NO4/c1-13(2)8-10-23-16-7-3-5-14(11-16)17(20)19-9-4-6-15(12-19)18(21)22/h3,5,7-8,11,15H,4,6,9-10,12H2,1-2H3,(H,21,22)/t15-/m0/s1. The molecule has 1 atom stereocenters. The average Bonchev–Trinajstić information content (AvgIpc) is 2.54. The molecule has 1 aliphatic heterocycles. The highest BCUT2D eigenvalue weighted by Gasteiger charge is 2.28. The first-order chi connectivity index (χ1) is 11.0. The quantitative estimate of drug-likeness (QED) is 0.848. The van der Waals surface area contributed by atoms with E-state index >= 15 is 0 Å². The van der Waals surface area contributed by atoms with Gasteiger partial charge in [-0.25, -0.2) is 0 Å². The fourth-order valence-electron chi connectivity index (χ4n) is 2.57. The van der Waals surface area contributed by atoms with Gasteiger partial charge in [0.25, 0.3) is 5.91 Å². The van der Waals surface area contributed by atoms with Crippen LogP contribution in [0, 0.1) is 5.92 Å². The predicted octanol–water partition coefficient (Wildman–Crippen LogP) is 2.97. The Morgan fingerprint density at radius 3 is 2.87 bits per heavy atom. The van der Waals surface area contributed by atoms with E-state index in [2.05, 4.69) is 0 Å². The molecule has 1 aromatic carbocycles. The summed E-state index contributed by atoms with van der Waals surface area (Å²) in [6.07, 6.45) is 3.32. The summed E-state index contributed by atoms with van der Waals surface area (Å²) in [7, 11) is 0. The lowest BCUT2D eigenvalue weighted by molar-refractivity contribution is -0.143. The first kappa shape index (κ1) is 17.1. The van der Waals surface area contributed by atoms with Crippen LogP contribution in [-0.2, 0) is 4.79 Å². The zero-order valence-corrected chi connectivity index (χ0v) is 13.6. The molecule has 1 amide bonds. The summed E-state index contributed by atoms with van der Waals surface area (Å²) in [6.45, 7) is 5.34. The summed E-state index contributed by atoms with van der Waals surface area (Å²) in [5.41, 5.74) is 1.70. The van der Waals surface area contributed by atoms with Crippen molar-refractivity contribution in [3.63, 3.8) is 0 Å². The van der Waals surface area contributed by atoms with Crippen LogP contribution in [0.2, 0.25) is 0 Å². The van der Waals surface area contributed by atoms with Gasteiger partial charge in [0.1, 0.15) is 12.4 Å². The van der Waals surface area contributed by atoms with Crippen molar-refractivity contribution in [2.75, 3.05) is 19.7 Å². The maximum atomic E-state index is 12.6. The van der Waals surface area contributed by atoms with Gasteiger partial charge >= 0.3 is 5.97 Å². The number of allylic oxidation sites excluding steroid dienone is 1. The number of hydrogen-bond donors (Lipinski definition) is 1. The minimum Gasteiger partial charge on any atom is -0.490 e. The summed E-state index contributed by atoms with van der Waals surface area (Å²) in [5.74, 6) is -0.796. The average molecular weight is 317 g/mol. The van der Waals surface area contributed by atoms with Crippen LogP contribution in [0.15, 0.2) is 35.9 Å². The van der Waals surface area contributed by atoms with E-state index in [1.165, 1.54) is 5.57 Å². The largest absolute Gasteiger partial charge is 0.490 e. The van der Waals surface area contributed by atoms with Gasteiger partial charge in [0.15, 0.2) is 0 Å². The smallest absolute Gasteiger partial charge is 0.308 e. The van der Waals surface area contributed by atoms with Gasteiger partial charge in [0.05, 0.1) is 5.92 Å². The van der Waals surface area contributed by atoms with Crippen LogP contribution in [0.1, 0.15) is 37.0 Å². The predicted molar refractivity (Wildman–Crippen MR) is 87.6 cm³/mol. The molecule has 2 rings (SSSR count). The van der Waals surface area contributed by atoms with E-state index in [1.54, 1.807) is 23.1 Å². The molecule has 1 saturated heterocycles. The number of ether oxygens (including phenoxy) is 1. The molecule has 5 heteroatoms. The van der Waals surface area contributed by atoms with Crippen LogP contribution in [0.3, 0.4) is 0 Å². The Labute approximate surface area is 136 Å². The molecule has 1 aliphatic rings. The molecule has 0 aromatic heterocycles. The van der Waals surface area contributed by atoms with Crippen molar-refractivity contribution in [1.29, 1.82) is 0 Å². The maximum absolute atomic E-state index is 12.6. The van der Waals surface area contributed by atoms with E-state index in [-0.39, 0.29) is 12.5 Å². The Hall–Kier alpha value is -2.30. The van der Waals surface area contributed by atoms with Gasteiger partial charge < -0.3 is 14.7 Å². The molecule has 0 aliphatic carbocycles. The molecule has 1 aromatic rings. The minimum atomic E-state index is -0.832. The Bertz CT molecular complexity index is 605. The fourth-order valence-corrected chi connectivity index (χ4v) is 2.57. The summed E-state index contributed by atoms with van der Waals surface area (Å²) in [4.78, 5) is 25.3. The zero-order valence-electron chi connectivity index (χ0n) is 13.6. The number of carbonyl (C=O) groups excluding carboxylic acids is 1. The number of amides is 1.